The molecular formula is C11H19NO3. The Bertz CT molecular complexity index is 259. The number of allylic oxidation sites excluding steroid dienone is 1. The number of nitrogens with one attached hydrogen (secondary N) is 1. The zero-order valence-electron chi connectivity index (χ0n) is 9.54. The van der Waals surface area contributed by atoms with Crippen molar-refractivity contribution in [1.29, 1.82) is 0 Å². The topological polar surface area (TPSA) is 58.6 Å². The van der Waals surface area contributed by atoms with Crippen molar-refractivity contribution in [1.82, 2.24) is 5.32 Å². The van der Waals surface area contributed by atoms with Crippen LogP contribution in [0.5, 0.6) is 0 Å². The van der Waals surface area contributed by atoms with Crippen LogP contribution < -0.4 is 5.32 Å². The van der Waals surface area contributed by atoms with Gasteiger partial charge in [-0.25, -0.2) is 0 Å². The number of carbonyl (C=O) groups excluding carboxylic acids is 1. The van der Waals surface area contributed by atoms with E-state index in [2.05, 4.69) is 11.9 Å². The first-order valence-corrected chi connectivity index (χ1v) is 4.94. The molecule has 15 heavy (non-hydrogen) atoms. The molecule has 0 radical (unpaired) electrons. The van der Waals surface area contributed by atoms with Crippen molar-refractivity contribution in [3.05, 3.63) is 24.0 Å². The van der Waals surface area contributed by atoms with Gasteiger partial charge >= 0.3 is 5.97 Å². The van der Waals surface area contributed by atoms with E-state index < -0.39 is 0 Å². The van der Waals surface area contributed by atoms with Gasteiger partial charge in [0.1, 0.15) is 5.76 Å². The summed E-state index contributed by atoms with van der Waals surface area (Å²) in [6.07, 6.45) is 1.91. The molecule has 0 aromatic carbocycles. The Morgan fingerprint density at radius 2 is 2.27 bits per heavy atom. The normalized spacial score (nSPS) is 13.4. The quantitative estimate of drug-likeness (QED) is 0.399. The molecule has 0 rings (SSSR count). The molecule has 86 valence electrons. The van der Waals surface area contributed by atoms with E-state index in [0.717, 1.165) is 0 Å². The third-order valence-corrected chi connectivity index (χ3v) is 2.04. The standard InChI is InChI=1S/C11H19NO3/c1-5-9(8(3)13)10(12-4)7-11(14)15-6-2/h5,10,12-13H,3,6-7H2,1-2,4H3/b9-5+. The second-order valence-corrected chi connectivity index (χ2v) is 3.04. The third-order valence-electron chi connectivity index (χ3n) is 2.04. The van der Waals surface area contributed by atoms with Gasteiger partial charge in [-0.05, 0) is 20.9 Å². The molecule has 4 heteroatoms. The highest BCUT2D eigenvalue weighted by Crippen LogP contribution is 2.13. The monoisotopic (exact) mass is 213 g/mol. The minimum absolute atomic E-state index is 0.0267. The molecule has 0 aromatic rings. The summed E-state index contributed by atoms with van der Waals surface area (Å²) in [7, 11) is 1.72. The lowest BCUT2D eigenvalue weighted by Gasteiger charge is -2.17. The summed E-state index contributed by atoms with van der Waals surface area (Å²) in [5, 5.41) is 12.2. The molecule has 0 aromatic heterocycles. The number of aliphatic hydroxyl groups is 1. The SMILES string of the molecule is C=C(O)/C(=C\C)C(CC(=O)OCC)NC. The van der Waals surface area contributed by atoms with Gasteiger partial charge in [0.05, 0.1) is 13.0 Å². The van der Waals surface area contributed by atoms with E-state index >= 15 is 0 Å². The molecule has 1 unspecified atom stereocenters. The number of hydrogen-bond acceptors (Lipinski definition) is 4. The molecule has 0 fully saturated rings. The Balaban J connectivity index is 4.48. The number of rotatable bonds is 6. The van der Waals surface area contributed by atoms with Crippen molar-refractivity contribution >= 4 is 5.97 Å². The maximum atomic E-state index is 11.3. The summed E-state index contributed by atoms with van der Waals surface area (Å²) in [6.45, 7) is 7.35. The van der Waals surface area contributed by atoms with Crippen LogP contribution >= 0.6 is 0 Å². The Kier molecular flexibility index (Phi) is 6.45. The van der Waals surface area contributed by atoms with Crippen LogP contribution in [0.3, 0.4) is 0 Å². The van der Waals surface area contributed by atoms with Crippen LogP contribution in [0.2, 0.25) is 0 Å². The lowest BCUT2D eigenvalue weighted by Crippen LogP contribution is -2.31. The van der Waals surface area contributed by atoms with E-state index in [1.807, 2.05) is 0 Å². The number of carbonyl (C=O) groups is 1. The van der Waals surface area contributed by atoms with Crippen LogP contribution in [-0.2, 0) is 9.53 Å². The first-order chi connectivity index (χ1) is 7.06. The zero-order chi connectivity index (χ0) is 11.8. The lowest BCUT2D eigenvalue weighted by atomic mass is 10.0. The number of hydrogen-bond donors (Lipinski definition) is 2. The number of likely N-dealkylation sites (N-methyl/N-ethyl adjacent to an activating group) is 1. The average molecular weight is 213 g/mol. The molecule has 4 nitrogen and oxygen atoms in total. The average Bonchev–Trinajstić information content (AvgIpc) is 2.17. The molecule has 0 heterocycles. The van der Waals surface area contributed by atoms with Gasteiger partial charge in [-0.2, -0.15) is 0 Å². The lowest BCUT2D eigenvalue weighted by molar-refractivity contribution is -0.143. The van der Waals surface area contributed by atoms with E-state index in [4.69, 9.17) is 4.74 Å². The molecule has 1 atom stereocenters. The summed E-state index contributed by atoms with van der Waals surface area (Å²) in [5.41, 5.74) is 0.616. The minimum atomic E-state index is -0.294. The maximum absolute atomic E-state index is 11.3. The Morgan fingerprint density at radius 3 is 2.60 bits per heavy atom. The molecule has 0 bridgehead atoms. The molecule has 0 aliphatic rings. The van der Waals surface area contributed by atoms with Gasteiger partial charge in [0, 0.05) is 11.6 Å². The fourth-order valence-electron chi connectivity index (χ4n) is 1.32. The van der Waals surface area contributed by atoms with Gasteiger partial charge in [-0.15, -0.1) is 0 Å². The first kappa shape index (κ1) is 13.7. The largest absolute Gasteiger partial charge is 0.508 e. The highest BCUT2D eigenvalue weighted by molar-refractivity contribution is 5.71. The molecule has 0 saturated heterocycles. The summed E-state index contributed by atoms with van der Waals surface area (Å²) in [6, 6.07) is -0.258. The van der Waals surface area contributed by atoms with Crippen LogP contribution in [0.1, 0.15) is 20.3 Å². The third kappa shape index (κ3) is 4.65. The highest BCUT2D eigenvalue weighted by atomic mass is 16.5. The predicted octanol–water partition coefficient (Wildman–Crippen LogP) is 1.55. The van der Waals surface area contributed by atoms with Gasteiger partial charge in [-0.3, -0.25) is 4.79 Å². The second kappa shape index (κ2) is 7.06. The highest BCUT2D eigenvalue weighted by Gasteiger charge is 2.18. The second-order valence-electron chi connectivity index (χ2n) is 3.04. The first-order valence-electron chi connectivity index (χ1n) is 4.94. The van der Waals surface area contributed by atoms with Crippen molar-refractivity contribution in [3.8, 4) is 0 Å². The van der Waals surface area contributed by atoms with E-state index in [-0.39, 0.29) is 24.2 Å². The van der Waals surface area contributed by atoms with Crippen molar-refractivity contribution < 1.29 is 14.6 Å². The van der Waals surface area contributed by atoms with E-state index in [1.165, 1.54) is 0 Å². The number of esters is 1. The summed E-state index contributed by atoms with van der Waals surface area (Å²) in [5.74, 6) is -0.321. The van der Waals surface area contributed by atoms with Crippen molar-refractivity contribution in [2.45, 2.75) is 26.3 Å². The van der Waals surface area contributed by atoms with E-state index in [9.17, 15) is 9.90 Å². The Hall–Kier alpha value is -1.29. The summed E-state index contributed by atoms with van der Waals surface area (Å²) in [4.78, 5) is 11.3. The van der Waals surface area contributed by atoms with Gasteiger partial charge in [0.15, 0.2) is 0 Å². The van der Waals surface area contributed by atoms with Gasteiger partial charge < -0.3 is 15.2 Å². The fourth-order valence-corrected chi connectivity index (χ4v) is 1.32. The molecule has 0 aliphatic heterocycles. The Labute approximate surface area is 90.6 Å². The van der Waals surface area contributed by atoms with Crippen LogP contribution in [0.25, 0.3) is 0 Å². The van der Waals surface area contributed by atoms with Gasteiger partial charge in [-0.1, -0.05) is 12.7 Å². The molecule has 0 saturated carbocycles. The van der Waals surface area contributed by atoms with Crippen molar-refractivity contribution in [3.63, 3.8) is 0 Å². The van der Waals surface area contributed by atoms with Crippen LogP contribution in [-0.4, -0.2) is 30.8 Å². The smallest absolute Gasteiger partial charge is 0.307 e. The van der Waals surface area contributed by atoms with Crippen molar-refractivity contribution in [2.24, 2.45) is 0 Å². The molecule has 0 spiro atoms. The Morgan fingerprint density at radius 1 is 1.67 bits per heavy atom. The zero-order valence-corrected chi connectivity index (χ0v) is 9.54. The van der Waals surface area contributed by atoms with Crippen molar-refractivity contribution in [2.75, 3.05) is 13.7 Å². The van der Waals surface area contributed by atoms with Crippen LogP contribution in [0, 0.1) is 0 Å². The molecular weight excluding hydrogens is 194 g/mol. The van der Waals surface area contributed by atoms with Gasteiger partial charge in [0.2, 0.25) is 0 Å². The van der Waals surface area contributed by atoms with E-state index in [0.29, 0.717) is 12.2 Å². The van der Waals surface area contributed by atoms with Crippen LogP contribution in [0.4, 0.5) is 0 Å². The number of aliphatic hydroxyl groups excluding tert-OH is 1. The van der Waals surface area contributed by atoms with Crippen LogP contribution in [0.15, 0.2) is 24.0 Å². The van der Waals surface area contributed by atoms with E-state index in [1.54, 1.807) is 27.0 Å². The summed E-state index contributed by atoms with van der Waals surface area (Å²) >= 11 is 0. The molecule has 0 aliphatic carbocycles. The summed E-state index contributed by atoms with van der Waals surface area (Å²) < 4.78 is 4.83. The predicted molar refractivity (Wildman–Crippen MR) is 59.6 cm³/mol. The minimum Gasteiger partial charge on any atom is -0.508 e. The molecule has 2 N–H and O–H groups in total. The maximum Gasteiger partial charge on any atom is 0.307 e. The number of ether oxygens (including phenoxy) is 1. The fraction of sp³-hybridized carbons (Fsp3) is 0.545. The molecule has 0 amide bonds. The van der Waals surface area contributed by atoms with Gasteiger partial charge in [0.25, 0.3) is 0 Å².